The highest BCUT2D eigenvalue weighted by atomic mass is 32.1. The molecule has 0 aliphatic rings. The first-order chi connectivity index (χ1) is 12.1. The van der Waals surface area contributed by atoms with Crippen LogP contribution in [0.3, 0.4) is 0 Å². The molecular formula is C20H21N3OS. The number of carbonyl (C=O) groups is 1. The molecule has 5 heteroatoms. The molecule has 0 unspecified atom stereocenters. The molecular weight excluding hydrogens is 330 g/mol. The Morgan fingerprint density at radius 3 is 2.44 bits per heavy atom. The van der Waals surface area contributed by atoms with Gasteiger partial charge in [0.2, 0.25) is 0 Å². The summed E-state index contributed by atoms with van der Waals surface area (Å²) in [6.45, 7) is 6.58. The topological polar surface area (TPSA) is 46.1 Å². The van der Waals surface area contributed by atoms with Crippen LogP contribution in [0.25, 0.3) is 10.6 Å². The summed E-state index contributed by atoms with van der Waals surface area (Å²) in [7, 11) is 0. The molecule has 128 valence electrons. The number of pyridine rings is 1. The summed E-state index contributed by atoms with van der Waals surface area (Å²) < 4.78 is 0. The number of benzene rings is 1. The van der Waals surface area contributed by atoms with E-state index in [1.54, 1.807) is 12.4 Å². The van der Waals surface area contributed by atoms with E-state index in [0.717, 1.165) is 21.8 Å². The molecule has 1 aromatic carbocycles. The molecule has 0 spiro atoms. The molecule has 0 fully saturated rings. The molecule has 2 heterocycles. The summed E-state index contributed by atoms with van der Waals surface area (Å²) in [5, 5.41) is 0.853. The lowest BCUT2D eigenvalue weighted by atomic mass is 10.2. The molecule has 0 saturated carbocycles. The van der Waals surface area contributed by atoms with Crippen LogP contribution in [0, 0.1) is 6.92 Å². The lowest BCUT2D eigenvalue weighted by molar-refractivity contribution is 0.0694. The number of aryl methyl sites for hydroxylation is 1. The van der Waals surface area contributed by atoms with Crippen LogP contribution in [-0.2, 0) is 6.54 Å². The molecule has 0 radical (unpaired) electrons. The minimum Gasteiger partial charge on any atom is -0.331 e. The standard InChI is InChI=1S/C20H21N3OS/c1-14(2)23(13-16-7-5-4-6-8-16)20(24)18-15(3)22-19(25-18)17-9-11-21-12-10-17/h4-12,14H,13H2,1-3H3. The predicted octanol–water partition coefficient (Wildman–Crippen LogP) is 4.56. The van der Waals surface area contributed by atoms with Crippen LogP contribution in [0.4, 0.5) is 0 Å². The second kappa shape index (κ2) is 7.57. The van der Waals surface area contributed by atoms with Crippen molar-refractivity contribution in [1.82, 2.24) is 14.9 Å². The van der Waals surface area contributed by atoms with E-state index in [2.05, 4.69) is 9.97 Å². The number of nitrogens with zero attached hydrogens (tertiary/aromatic N) is 3. The summed E-state index contributed by atoms with van der Waals surface area (Å²) in [5.74, 6) is 0.0363. The lowest BCUT2D eigenvalue weighted by Crippen LogP contribution is -2.36. The van der Waals surface area contributed by atoms with Gasteiger partial charge in [-0.25, -0.2) is 4.98 Å². The normalized spacial score (nSPS) is 10.9. The Hall–Kier alpha value is -2.53. The quantitative estimate of drug-likeness (QED) is 0.677. The van der Waals surface area contributed by atoms with Crippen molar-refractivity contribution in [2.45, 2.75) is 33.4 Å². The van der Waals surface area contributed by atoms with Crippen LogP contribution in [0.5, 0.6) is 0 Å². The number of amides is 1. The Kier molecular flexibility index (Phi) is 5.24. The average molecular weight is 351 g/mol. The lowest BCUT2D eigenvalue weighted by Gasteiger charge is -2.26. The maximum Gasteiger partial charge on any atom is 0.266 e. The second-order valence-electron chi connectivity index (χ2n) is 6.18. The van der Waals surface area contributed by atoms with Crippen LogP contribution in [-0.4, -0.2) is 26.8 Å². The van der Waals surface area contributed by atoms with Gasteiger partial charge in [0.15, 0.2) is 0 Å². The van der Waals surface area contributed by atoms with Gasteiger partial charge in [0, 0.05) is 30.5 Å². The monoisotopic (exact) mass is 351 g/mol. The van der Waals surface area contributed by atoms with E-state index in [0.29, 0.717) is 11.4 Å². The molecule has 0 atom stereocenters. The maximum absolute atomic E-state index is 13.1. The van der Waals surface area contributed by atoms with E-state index in [1.165, 1.54) is 11.3 Å². The van der Waals surface area contributed by atoms with E-state index in [1.807, 2.05) is 68.1 Å². The number of thiazole rings is 1. The fraction of sp³-hybridized carbons (Fsp3) is 0.250. The van der Waals surface area contributed by atoms with Crippen molar-refractivity contribution in [3.05, 3.63) is 71.0 Å². The Morgan fingerprint density at radius 2 is 1.80 bits per heavy atom. The zero-order valence-electron chi connectivity index (χ0n) is 14.6. The first-order valence-electron chi connectivity index (χ1n) is 8.29. The highest BCUT2D eigenvalue weighted by Crippen LogP contribution is 2.29. The molecule has 2 aromatic heterocycles. The molecule has 0 aliphatic heterocycles. The fourth-order valence-corrected chi connectivity index (χ4v) is 3.64. The van der Waals surface area contributed by atoms with Gasteiger partial charge < -0.3 is 4.90 Å². The van der Waals surface area contributed by atoms with Gasteiger partial charge in [0.05, 0.1) is 5.69 Å². The van der Waals surface area contributed by atoms with Gasteiger partial charge in [0.25, 0.3) is 5.91 Å². The van der Waals surface area contributed by atoms with Gasteiger partial charge in [0.1, 0.15) is 9.88 Å². The third-order valence-corrected chi connectivity index (χ3v) is 5.19. The third-order valence-electron chi connectivity index (χ3n) is 4.00. The van der Waals surface area contributed by atoms with Gasteiger partial charge >= 0.3 is 0 Å². The van der Waals surface area contributed by atoms with Crippen LogP contribution in [0.1, 0.15) is 34.8 Å². The van der Waals surface area contributed by atoms with E-state index in [-0.39, 0.29) is 11.9 Å². The molecule has 4 nitrogen and oxygen atoms in total. The SMILES string of the molecule is Cc1nc(-c2ccncc2)sc1C(=O)N(Cc1ccccc1)C(C)C. The summed E-state index contributed by atoms with van der Waals surface area (Å²) in [6, 6.07) is 14.0. The molecule has 0 saturated heterocycles. The van der Waals surface area contributed by atoms with Crippen molar-refractivity contribution in [3.8, 4) is 10.6 Å². The van der Waals surface area contributed by atoms with Crippen molar-refractivity contribution in [2.24, 2.45) is 0 Å². The van der Waals surface area contributed by atoms with Crippen LogP contribution in [0.2, 0.25) is 0 Å². The van der Waals surface area contributed by atoms with Crippen LogP contribution < -0.4 is 0 Å². The van der Waals surface area contributed by atoms with E-state index >= 15 is 0 Å². The number of rotatable bonds is 5. The largest absolute Gasteiger partial charge is 0.331 e. The van der Waals surface area contributed by atoms with Crippen molar-refractivity contribution in [1.29, 1.82) is 0 Å². The van der Waals surface area contributed by atoms with Crippen molar-refractivity contribution in [2.75, 3.05) is 0 Å². The minimum atomic E-state index is 0.0363. The molecule has 3 rings (SSSR count). The summed E-state index contributed by atoms with van der Waals surface area (Å²) in [5.41, 5.74) is 2.89. The van der Waals surface area contributed by atoms with Gasteiger partial charge in [-0.05, 0) is 38.5 Å². The first kappa shape index (κ1) is 17.3. The zero-order valence-corrected chi connectivity index (χ0v) is 15.5. The first-order valence-corrected chi connectivity index (χ1v) is 9.10. The van der Waals surface area contributed by atoms with E-state index in [9.17, 15) is 4.79 Å². The number of aromatic nitrogens is 2. The maximum atomic E-state index is 13.1. The fourth-order valence-electron chi connectivity index (χ4n) is 2.61. The summed E-state index contributed by atoms with van der Waals surface area (Å²) >= 11 is 1.45. The zero-order chi connectivity index (χ0) is 17.8. The number of hydrogen-bond acceptors (Lipinski definition) is 4. The Labute approximate surface area is 152 Å². The summed E-state index contributed by atoms with van der Waals surface area (Å²) in [6.07, 6.45) is 3.48. The van der Waals surface area contributed by atoms with Crippen molar-refractivity contribution >= 4 is 17.2 Å². The molecule has 3 aromatic rings. The molecule has 0 N–H and O–H groups in total. The van der Waals surface area contributed by atoms with Gasteiger partial charge in [-0.15, -0.1) is 11.3 Å². The second-order valence-corrected chi connectivity index (χ2v) is 7.18. The van der Waals surface area contributed by atoms with Crippen LogP contribution in [0.15, 0.2) is 54.9 Å². The van der Waals surface area contributed by atoms with E-state index in [4.69, 9.17) is 0 Å². The average Bonchev–Trinajstić information content (AvgIpc) is 3.02. The Balaban J connectivity index is 1.89. The number of carbonyl (C=O) groups excluding carboxylic acids is 1. The van der Waals surface area contributed by atoms with Gasteiger partial charge in [-0.3, -0.25) is 9.78 Å². The predicted molar refractivity (Wildman–Crippen MR) is 102 cm³/mol. The minimum absolute atomic E-state index is 0.0363. The van der Waals surface area contributed by atoms with Crippen molar-refractivity contribution in [3.63, 3.8) is 0 Å². The number of hydrogen-bond donors (Lipinski definition) is 0. The molecule has 25 heavy (non-hydrogen) atoms. The Bertz CT molecular complexity index is 844. The molecule has 0 bridgehead atoms. The highest BCUT2D eigenvalue weighted by molar-refractivity contribution is 7.17. The smallest absolute Gasteiger partial charge is 0.266 e. The van der Waals surface area contributed by atoms with Crippen LogP contribution >= 0.6 is 11.3 Å². The van der Waals surface area contributed by atoms with Gasteiger partial charge in [-0.2, -0.15) is 0 Å². The summed E-state index contributed by atoms with van der Waals surface area (Å²) in [4.78, 5) is 24.4. The molecule has 1 amide bonds. The third kappa shape index (κ3) is 3.94. The van der Waals surface area contributed by atoms with E-state index < -0.39 is 0 Å². The van der Waals surface area contributed by atoms with Gasteiger partial charge in [-0.1, -0.05) is 30.3 Å². The Morgan fingerprint density at radius 1 is 1.12 bits per heavy atom. The molecule has 0 aliphatic carbocycles. The highest BCUT2D eigenvalue weighted by Gasteiger charge is 2.24. The van der Waals surface area contributed by atoms with Crippen molar-refractivity contribution < 1.29 is 4.79 Å².